The quantitative estimate of drug-likeness (QED) is 0.826. The molecule has 126 valence electrons. The SMILES string of the molecule is CC(=CCN1CCOCC1)c1ccc(-c2ccc(F)cc2F)cc1. The minimum absolute atomic E-state index is 0.415. The normalized spacial score (nSPS) is 16.4. The third-order valence-electron chi connectivity index (χ3n) is 4.34. The van der Waals surface area contributed by atoms with Crippen LogP contribution in [0.4, 0.5) is 8.78 Å². The lowest BCUT2D eigenvalue weighted by Gasteiger charge is -2.25. The molecule has 2 aromatic rings. The van der Waals surface area contributed by atoms with E-state index < -0.39 is 11.6 Å². The number of morpholine rings is 1. The van der Waals surface area contributed by atoms with Gasteiger partial charge in [-0.05, 0) is 35.8 Å². The summed E-state index contributed by atoms with van der Waals surface area (Å²) in [6, 6.07) is 11.4. The van der Waals surface area contributed by atoms with E-state index in [0.717, 1.165) is 50.0 Å². The topological polar surface area (TPSA) is 12.5 Å². The summed E-state index contributed by atoms with van der Waals surface area (Å²) in [6.45, 7) is 6.51. The van der Waals surface area contributed by atoms with Crippen LogP contribution < -0.4 is 0 Å². The summed E-state index contributed by atoms with van der Waals surface area (Å²) in [6.07, 6.45) is 2.21. The van der Waals surface area contributed by atoms with Gasteiger partial charge in [0.05, 0.1) is 13.2 Å². The zero-order valence-electron chi connectivity index (χ0n) is 13.8. The number of benzene rings is 2. The molecule has 1 saturated heterocycles. The molecule has 3 rings (SSSR count). The Balaban J connectivity index is 1.71. The first-order valence-electron chi connectivity index (χ1n) is 8.16. The van der Waals surface area contributed by atoms with Crippen LogP contribution in [0.5, 0.6) is 0 Å². The molecule has 1 fully saturated rings. The maximum Gasteiger partial charge on any atom is 0.133 e. The Morgan fingerprint density at radius 2 is 1.79 bits per heavy atom. The van der Waals surface area contributed by atoms with Gasteiger partial charge >= 0.3 is 0 Å². The van der Waals surface area contributed by atoms with Gasteiger partial charge in [-0.25, -0.2) is 8.78 Å². The fourth-order valence-corrected chi connectivity index (χ4v) is 2.80. The zero-order valence-corrected chi connectivity index (χ0v) is 13.8. The molecule has 1 heterocycles. The number of hydrogen-bond donors (Lipinski definition) is 0. The van der Waals surface area contributed by atoms with Crippen molar-refractivity contribution in [1.29, 1.82) is 0 Å². The first kappa shape index (κ1) is 16.8. The van der Waals surface area contributed by atoms with Gasteiger partial charge in [-0.15, -0.1) is 0 Å². The van der Waals surface area contributed by atoms with Crippen LogP contribution >= 0.6 is 0 Å². The van der Waals surface area contributed by atoms with Gasteiger partial charge in [-0.1, -0.05) is 30.3 Å². The van der Waals surface area contributed by atoms with E-state index in [1.807, 2.05) is 24.3 Å². The van der Waals surface area contributed by atoms with Crippen molar-refractivity contribution in [2.45, 2.75) is 6.92 Å². The molecule has 0 unspecified atom stereocenters. The molecule has 2 aromatic carbocycles. The Kier molecular flexibility index (Phi) is 5.38. The van der Waals surface area contributed by atoms with Crippen LogP contribution in [-0.2, 0) is 4.74 Å². The molecule has 0 N–H and O–H groups in total. The van der Waals surface area contributed by atoms with Crippen molar-refractivity contribution >= 4 is 5.57 Å². The molecule has 4 heteroatoms. The highest BCUT2D eigenvalue weighted by atomic mass is 19.1. The summed E-state index contributed by atoms with van der Waals surface area (Å²) in [4.78, 5) is 2.36. The fourth-order valence-electron chi connectivity index (χ4n) is 2.80. The van der Waals surface area contributed by atoms with Gasteiger partial charge in [0.2, 0.25) is 0 Å². The Bertz CT molecular complexity index is 719. The molecule has 0 amide bonds. The van der Waals surface area contributed by atoms with Crippen LogP contribution in [0.2, 0.25) is 0 Å². The van der Waals surface area contributed by atoms with Gasteiger partial charge in [-0.3, -0.25) is 4.90 Å². The van der Waals surface area contributed by atoms with E-state index in [2.05, 4.69) is 17.9 Å². The lowest BCUT2D eigenvalue weighted by Crippen LogP contribution is -2.36. The first-order valence-corrected chi connectivity index (χ1v) is 8.16. The van der Waals surface area contributed by atoms with Crippen LogP contribution in [-0.4, -0.2) is 37.7 Å². The lowest BCUT2D eigenvalue weighted by atomic mass is 10.0. The molecule has 0 spiro atoms. The minimum atomic E-state index is -0.560. The number of nitrogens with zero attached hydrogens (tertiary/aromatic N) is 1. The predicted molar refractivity (Wildman–Crippen MR) is 92.7 cm³/mol. The van der Waals surface area contributed by atoms with Crippen molar-refractivity contribution in [1.82, 2.24) is 4.90 Å². The molecule has 2 nitrogen and oxygen atoms in total. The van der Waals surface area contributed by atoms with Crippen molar-refractivity contribution < 1.29 is 13.5 Å². The average molecular weight is 329 g/mol. The van der Waals surface area contributed by atoms with Crippen LogP contribution in [0, 0.1) is 11.6 Å². The van der Waals surface area contributed by atoms with Crippen molar-refractivity contribution in [3.63, 3.8) is 0 Å². The summed E-state index contributed by atoms with van der Waals surface area (Å²) in [5, 5.41) is 0. The van der Waals surface area contributed by atoms with E-state index >= 15 is 0 Å². The van der Waals surface area contributed by atoms with Crippen molar-refractivity contribution in [2.24, 2.45) is 0 Å². The highest BCUT2D eigenvalue weighted by molar-refractivity contribution is 5.70. The predicted octanol–water partition coefficient (Wildman–Crippen LogP) is 4.37. The molecular formula is C20H21F2NO. The number of hydrogen-bond acceptors (Lipinski definition) is 2. The van der Waals surface area contributed by atoms with E-state index in [1.54, 1.807) is 0 Å². The maximum absolute atomic E-state index is 13.9. The van der Waals surface area contributed by atoms with E-state index in [0.29, 0.717) is 5.56 Å². The maximum atomic E-state index is 13.9. The summed E-state index contributed by atoms with van der Waals surface area (Å²) in [5.41, 5.74) is 3.46. The van der Waals surface area contributed by atoms with Gasteiger partial charge in [-0.2, -0.15) is 0 Å². The minimum Gasteiger partial charge on any atom is -0.379 e. The Morgan fingerprint density at radius 1 is 1.08 bits per heavy atom. The summed E-state index contributed by atoms with van der Waals surface area (Å²) in [5.74, 6) is -1.10. The summed E-state index contributed by atoms with van der Waals surface area (Å²) in [7, 11) is 0. The van der Waals surface area contributed by atoms with Crippen molar-refractivity contribution in [3.8, 4) is 11.1 Å². The van der Waals surface area contributed by atoms with Crippen LogP contribution in [0.15, 0.2) is 48.5 Å². The Morgan fingerprint density at radius 3 is 2.46 bits per heavy atom. The molecule has 0 radical (unpaired) electrons. The number of halogens is 2. The van der Waals surface area contributed by atoms with Crippen LogP contribution in [0.1, 0.15) is 12.5 Å². The zero-order chi connectivity index (χ0) is 16.9. The standard InChI is InChI=1S/C20H21F2NO/c1-15(8-9-23-10-12-24-13-11-23)16-2-4-17(5-3-16)19-7-6-18(21)14-20(19)22/h2-8,14H,9-13H2,1H3. The fraction of sp³-hybridized carbons (Fsp3) is 0.300. The van der Waals surface area contributed by atoms with Crippen LogP contribution in [0.3, 0.4) is 0 Å². The van der Waals surface area contributed by atoms with E-state index in [4.69, 9.17) is 4.74 Å². The van der Waals surface area contributed by atoms with E-state index in [9.17, 15) is 8.78 Å². The second-order valence-electron chi connectivity index (χ2n) is 6.00. The summed E-state index contributed by atoms with van der Waals surface area (Å²) >= 11 is 0. The molecule has 1 aliphatic rings. The van der Waals surface area contributed by atoms with Crippen molar-refractivity contribution in [2.75, 3.05) is 32.8 Å². The molecule has 0 atom stereocenters. The van der Waals surface area contributed by atoms with Gasteiger partial charge < -0.3 is 4.74 Å². The highest BCUT2D eigenvalue weighted by Gasteiger charge is 2.09. The van der Waals surface area contributed by atoms with Crippen LogP contribution in [0.25, 0.3) is 16.7 Å². The van der Waals surface area contributed by atoms with Crippen molar-refractivity contribution in [3.05, 3.63) is 65.7 Å². The molecule has 1 aliphatic heterocycles. The van der Waals surface area contributed by atoms with Gasteiger partial charge in [0.1, 0.15) is 11.6 Å². The Hall–Kier alpha value is -2.04. The van der Waals surface area contributed by atoms with Gasteiger partial charge in [0, 0.05) is 31.3 Å². The number of ether oxygens (including phenoxy) is 1. The van der Waals surface area contributed by atoms with E-state index in [1.165, 1.54) is 17.7 Å². The second kappa shape index (κ2) is 7.69. The Labute approximate surface area is 141 Å². The van der Waals surface area contributed by atoms with Gasteiger partial charge in [0.15, 0.2) is 0 Å². The van der Waals surface area contributed by atoms with E-state index in [-0.39, 0.29) is 0 Å². The lowest BCUT2D eigenvalue weighted by molar-refractivity contribution is 0.0435. The molecule has 0 aliphatic carbocycles. The third-order valence-corrected chi connectivity index (χ3v) is 4.34. The number of rotatable bonds is 4. The van der Waals surface area contributed by atoms with Gasteiger partial charge in [0.25, 0.3) is 0 Å². The first-order chi connectivity index (χ1) is 11.6. The molecule has 0 saturated carbocycles. The third kappa shape index (κ3) is 4.08. The second-order valence-corrected chi connectivity index (χ2v) is 6.00. The highest BCUT2D eigenvalue weighted by Crippen LogP contribution is 2.25. The molecule has 24 heavy (non-hydrogen) atoms. The molecule has 0 aromatic heterocycles. The molecular weight excluding hydrogens is 308 g/mol. The average Bonchev–Trinajstić information content (AvgIpc) is 2.61. The molecule has 0 bridgehead atoms. The smallest absolute Gasteiger partial charge is 0.133 e. The number of allylic oxidation sites excluding steroid dienone is 1. The summed E-state index contributed by atoms with van der Waals surface area (Å²) < 4.78 is 32.2. The largest absolute Gasteiger partial charge is 0.379 e. The monoisotopic (exact) mass is 329 g/mol.